The molecule has 2 unspecified atom stereocenters. The SMILES string of the molecule is COc1cc(NC(=O)C2CSC3(C)CCC(=O)N23)cc(OC)c1. The van der Waals surface area contributed by atoms with Crippen molar-refractivity contribution in [2.75, 3.05) is 25.3 Å². The number of nitrogens with zero attached hydrogens (tertiary/aromatic N) is 1. The predicted octanol–water partition coefficient (Wildman–Crippen LogP) is 2.10. The van der Waals surface area contributed by atoms with Crippen LogP contribution in [-0.2, 0) is 9.59 Å². The van der Waals surface area contributed by atoms with Crippen LogP contribution >= 0.6 is 11.8 Å². The Morgan fingerprint density at radius 1 is 1.30 bits per heavy atom. The molecule has 7 heteroatoms. The van der Waals surface area contributed by atoms with E-state index in [0.29, 0.717) is 29.4 Å². The van der Waals surface area contributed by atoms with Gasteiger partial charge in [-0.1, -0.05) is 0 Å². The molecule has 2 aliphatic rings. The number of hydrogen-bond acceptors (Lipinski definition) is 5. The molecule has 0 spiro atoms. The van der Waals surface area contributed by atoms with Crippen molar-refractivity contribution in [3.05, 3.63) is 18.2 Å². The molecule has 2 heterocycles. The van der Waals surface area contributed by atoms with Gasteiger partial charge in [-0.2, -0.15) is 0 Å². The van der Waals surface area contributed by atoms with Gasteiger partial charge in [-0.15, -0.1) is 11.8 Å². The quantitative estimate of drug-likeness (QED) is 0.912. The standard InChI is InChI=1S/C16H20N2O4S/c1-16-5-4-14(19)18(16)13(9-23-16)15(20)17-10-6-11(21-2)8-12(7-10)22-3/h6-8,13H,4-5,9H2,1-3H3,(H,17,20). The van der Waals surface area contributed by atoms with Crippen LogP contribution in [-0.4, -0.2) is 47.6 Å². The summed E-state index contributed by atoms with van der Waals surface area (Å²) < 4.78 is 10.4. The Hall–Kier alpha value is -1.89. The average Bonchev–Trinajstić information content (AvgIpc) is 3.03. The van der Waals surface area contributed by atoms with Crippen molar-refractivity contribution in [2.45, 2.75) is 30.7 Å². The topological polar surface area (TPSA) is 67.9 Å². The average molecular weight is 336 g/mol. The molecule has 23 heavy (non-hydrogen) atoms. The summed E-state index contributed by atoms with van der Waals surface area (Å²) in [5, 5.41) is 2.88. The van der Waals surface area contributed by atoms with Crippen LogP contribution < -0.4 is 14.8 Å². The third kappa shape index (κ3) is 2.85. The van der Waals surface area contributed by atoms with Gasteiger partial charge in [-0.25, -0.2) is 0 Å². The number of amides is 2. The molecule has 6 nitrogen and oxygen atoms in total. The van der Waals surface area contributed by atoms with Gasteiger partial charge in [-0.3, -0.25) is 9.59 Å². The van der Waals surface area contributed by atoms with Crippen molar-refractivity contribution >= 4 is 29.3 Å². The van der Waals surface area contributed by atoms with Crippen LogP contribution in [0.25, 0.3) is 0 Å². The Labute approximate surface area is 139 Å². The number of anilines is 1. The van der Waals surface area contributed by atoms with Gasteiger partial charge in [0.1, 0.15) is 17.5 Å². The van der Waals surface area contributed by atoms with Crippen LogP contribution in [0, 0.1) is 0 Å². The lowest BCUT2D eigenvalue weighted by Crippen LogP contribution is -2.48. The van der Waals surface area contributed by atoms with Gasteiger partial charge in [0.25, 0.3) is 0 Å². The number of thioether (sulfide) groups is 1. The lowest BCUT2D eigenvalue weighted by atomic mass is 10.2. The fourth-order valence-electron chi connectivity index (χ4n) is 3.12. The zero-order chi connectivity index (χ0) is 16.6. The van der Waals surface area contributed by atoms with E-state index in [1.165, 1.54) is 0 Å². The first-order valence-corrected chi connectivity index (χ1v) is 8.45. The molecule has 0 saturated carbocycles. The summed E-state index contributed by atoms with van der Waals surface area (Å²) in [6.45, 7) is 2.03. The van der Waals surface area contributed by atoms with Crippen LogP contribution in [0.2, 0.25) is 0 Å². The van der Waals surface area contributed by atoms with Crippen LogP contribution in [0.5, 0.6) is 11.5 Å². The monoisotopic (exact) mass is 336 g/mol. The smallest absolute Gasteiger partial charge is 0.248 e. The highest BCUT2D eigenvalue weighted by Gasteiger charge is 2.52. The number of nitrogens with one attached hydrogen (secondary N) is 1. The molecule has 1 aromatic carbocycles. The number of fused-ring (bicyclic) bond motifs is 1. The molecule has 0 aliphatic carbocycles. The molecule has 2 saturated heterocycles. The summed E-state index contributed by atoms with van der Waals surface area (Å²) in [5.41, 5.74) is 0.594. The second kappa shape index (κ2) is 5.96. The van der Waals surface area contributed by atoms with E-state index in [2.05, 4.69) is 5.32 Å². The summed E-state index contributed by atoms with van der Waals surface area (Å²) in [5.74, 6) is 1.70. The van der Waals surface area contributed by atoms with E-state index in [9.17, 15) is 9.59 Å². The molecular weight excluding hydrogens is 316 g/mol. The summed E-state index contributed by atoms with van der Waals surface area (Å²) in [6, 6.07) is 4.76. The van der Waals surface area contributed by atoms with Gasteiger partial charge in [0.05, 0.1) is 19.1 Å². The van der Waals surface area contributed by atoms with Crippen LogP contribution in [0.15, 0.2) is 18.2 Å². The van der Waals surface area contributed by atoms with E-state index in [1.54, 1.807) is 49.1 Å². The normalized spacial score (nSPS) is 26.1. The van der Waals surface area contributed by atoms with E-state index in [0.717, 1.165) is 6.42 Å². The van der Waals surface area contributed by atoms with Crippen molar-refractivity contribution in [1.29, 1.82) is 0 Å². The summed E-state index contributed by atoms with van der Waals surface area (Å²) >= 11 is 1.68. The molecule has 2 aliphatic heterocycles. The molecule has 2 amide bonds. The zero-order valence-corrected chi connectivity index (χ0v) is 14.2. The van der Waals surface area contributed by atoms with E-state index < -0.39 is 6.04 Å². The Kier molecular flexibility index (Phi) is 4.14. The van der Waals surface area contributed by atoms with E-state index in [-0.39, 0.29) is 16.7 Å². The highest BCUT2D eigenvalue weighted by molar-refractivity contribution is 8.01. The van der Waals surface area contributed by atoms with Crippen molar-refractivity contribution in [1.82, 2.24) is 4.90 Å². The molecule has 0 radical (unpaired) electrons. The molecule has 3 rings (SSSR count). The molecule has 0 bridgehead atoms. The Bertz CT molecular complexity index is 629. The highest BCUT2D eigenvalue weighted by Crippen LogP contribution is 2.47. The van der Waals surface area contributed by atoms with Gasteiger partial charge in [0.15, 0.2) is 0 Å². The van der Waals surface area contributed by atoms with E-state index in [4.69, 9.17) is 9.47 Å². The van der Waals surface area contributed by atoms with Gasteiger partial charge in [-0.05, 0) is 13.3 Å². The molecular formula is C16H20N2O4S. The number of hydrogen-bond donors (Lipinski definition) is 1. The largest absolute Gasteiger partial charge is 0.497 e. The van der Waals surface area contributed by atoms with Crippen LogP contribution in [0.3, 0.4) is 0 Å². The number of carbonyl (C=O) groups excluding carboxylic acids is 2. The lowest BCUT2D eigenvalue weighted by molar-refractivity contribution is -0.135. The Morgan fingerprint density at radius 2 is 1.96 bits per heavy atom. The zero-order valence-electron chi connectivity index (χ0n) is 13.4. The fourth-order valence-corrected chi connectivity index (χ4v) is 4.55. The number of benzene rings is 1. The Balaban J connectivity index is 1.78. The van der Waals surface area contributed by atoms with Crippen molar-refractivity contribution < 1.29 is 19.1 Å². The maximum atomic E-state index is 12.6. The maximum absolute atomic E-state index is 12.6. The minimum atomic E-state index is -0.433. The van der Waals surface area contributed by atoms with Gasteiger partial charge in [0, 0.05) is 36.1 Å². The molecule has 1 aromatic rings. The minimum Gasteiger partial charge on any atom is -0.497 e. The number of methoxy groups -OCH3 is 2. The van der Waals surface area contributed by atoms with Gasteiger partial charge < -0.3 is 19.7 Å². The lowest BCUT2D eigenvalue weighted by Gasteiger charge is -2.29. The third-order valence-corrected chi connectivity index (χ3v) is 5.87. The summed E-state index contributed by atoms with van der Waals surface area (Å²) in [6.07, 6.45) is 1.31. The molecule has 2 fully saturated rings. The first-order chi connectivity index (χ1) is 11.0. The van der Waals surface area contributed by atoms with Gasteiger partial charge in [0.2, 0.25) is 11.8 Å². The summed E-state index contributed by atoms with van der Waals surface area (Å²) in [4.78, 5) is 26.3. The summed E-state index contributed by atoms with van der Waals surface area (Å²) in [7, 11) is 3.12. The number of carbonyl (C=O) groups is 2. The number of ether oxygens (including phenoxy) is 2. The first-order valence-electron chi connectivity index (χ1n) is 7.47. The second-order valence-corrected chi connectivity index (χ2v) is 7.36. The Morgan fingerprint density at radius 3 is 2.57 bits per heavy atom. The van der Waals surface area contributed by atoms with Crippen LogP contribution in [0.1, 0.15) is 19.8 Å². The second-order valence-electron chi connectivity index (χ2n) is 5.86. The molecule has 2 atom stereocenters. The first kappa shape index (κ1) is 16.0. The van der Waals surface area contributed by atoms with Gasteiger partial charge >= 0.3 is 0 Å². The van der Waals surface area contributed by atoms with E-state index in [1.807, 2.05) is 6.92 Å². The molecule has 1 N–H and O–H groups in total. The fraction of sp³-hybridized carbons (Fsp3) is 0.500. The highest BCUT2D eigenvalue weighted by atomic mass is 32.2. The maximum Gasteiger partial charge on any atom is 0.248 e. The predicted molar refractivity (Wildman–Crippen MR) is 88.9 cm³/mol. The van der Waals surface area contributed by atoms with Crippen LogP contribution in [0.4, 0.5) is 5.69 Å². The van der Waals surface area contributed by atoms with E-state index >= 15 is 0 Å². The van der Waals surface area contributed by atoms with Crippen molar-refractivity contribution in [2.24, 2.45) is 0 Å². The van der Waals surface area contributed by atoms with Crippen molar-refractivity contribution in [3.8, 4) is 11.5 Å². The van der Waals surface area contributed by atoms with Crippen molar-refractivity contribution in [3.63, 3.8) is 0 Å². The minimum absolute atomic E-state index is 0.0564. The third-order valence-electron chi connectivity index (χ3n) is 4.37. The number of rotatable bonds is 4. The molecule has 0 aromatic heterocycles. The molecule has 124 valence electrons.